The minimum Gasteiger partial charge on any atom is -0.475 e. The molecular weight excluding hydrogens is 288 g/mol. The Morgan fingerprint density at radius 1 is 1.14 bits per heavy atom. The van der Waals surface area contributed by atoms with Gasteiger partial charge in [0.1, 0.15) is 5.03 Å². The van der Waals surface area contributed by atoms with Crippen LogP contribution in [0.5, 0.6) is 0 Å². The lowest BCUT2D eigenvalue weighted by molar-refractivity contribution is 0.0683. The van der Waals surface area contributed by atoms with Crippen molar-refractivity contribution in [3.8, 4) is 0 Å². The van der Waals surface area contributed by atoms with E-state index in [9.17, 15) is 4.79 Å². The van der Waals surface area contributed by atoms with Crippen molar-refractivity contribution >= 4 is 28.6 Å². The van der Waals surface area contributed by atoms with Gasteiger partial charge in [-0.1, -0.05) is 18.2 Å². The highest BCUT2D eigenvalue weighted by molar-refractivity contribution is 7.99. The number of carbonyl (C=O) groups is 1. The predicted molar refractivity (Wildman–Crippen MR) is 77.4 cm³/mol. The standard InChI is InChI=1S/C14H10N4O2S/c1-8-6-7-15-14(16-8)21-12-9-4-2-3-5-10(9)17-11(18-12)13(19)20/h2-7H,1H3,(H,19,20). The summed E-state index contributed by atoms with van der Waals surface area (Å²) in [5.74, 6) is -1.39. The second-order valence-electron chi connectivity index (χ2n) is 4.26. The van der Waals surface area contributed by atoms with Crippen LogP contribution in [0.1, 0.15) is 16.3 Å². The van der Waals surface area contributed by atoms with Gasteiger partial charge < -0.3 is 5.11 Å². The molecule has 0 radical (unpaired) electrons. The first-order valence-corrected chi connectivity index (χ1v) is 6.93. The van der Waals surface area contributed by atoms with Crippen LogP contribution >= 0.6 is 11.8 Å². The van der Waals surface area contributed by atoms with Crippen LogP contribution in [-0.2, 0) is 0 Å². The zero-order valence-corrected chi connectivity index (χ0v) is 11.8. The van der Waals surface area contributed by atoms with Crippen molar-refractivity contribution in [2.45, 2.75) is 17.1 Å². The van der Waals surface area contributed by atoms with Crippen LogP contribution in [0.15, 0.2) is 46.7 Å². The first kappa shape index (κ1) is 13.4. The Morgan fingerprint density at radius 3 is 2.71 bits per heavy atom. The molecule has 7 heteroatoms. The van der Waals surface area contributed by atoms with Crippen LogP contribution in [0.2, 0.25) is 0 Å². The van der Waals surface area contributed by atoms with Gasteiger partial charge in [0, 0.05) is 17.3 Å². The van der Waals surface area contributed by atoms with E-state index in [0.29, 0.717) is 15.7 Å². The maximum Gasteiger partial charge on any atom is 0.373 e. The zero-order chi connectivity index (χ0) is 14.8. The van der Waals surface area contributed by atoms with E-state index < -0.39 is 5.97 Å². The third-order valence-corrected chi connectivity index (χ3v) is 3.60. The second kappa shape index (κ2) is 5.45. The zero-order valence-electron chi connectivity index (χ0n) is 11.0. The molecule has 0 unspecified atom stereocenters. The average Bonchev–Trinajstić information content (AvgIpc) is 2.47. The number of aromatic carboxylic acids is 1. The van der Waals surface area contributed by atoms with Crippen LogP contribution < -0.4 is 0 Å². The topological polar surface area (TPSA) is 88.9 Å². The fraction of sp³-hybridized carbons (Fsp3) is 0.0714. The van der Waals surface area contributed by atoms with E-state index in [4.69, 9.17) is 5.11 Å². The minimum absolute atomic E-state index is 0.233. The monoisotopic (exact) mass is 298 g/mol. The van der Waals surface area contributed by atoms with Crippen LogP contribution in [0, 0.1) is 6.92 Å². The van der Waals surface area contributed by atoms with Crippen LogP contribution in [0.25, 0.3) is 10.9 Å². The first-order chi connectivity index (χ1) is 10.1. The number of rotatable bonds is 3. The van der Waals surface area contributed by atoms with Gasteiger partial charge in [0.05, 0.1) is 5.52 Å². The Bertz CT molecular complexity index is 838. The number of aromatic nitrogens is 4. The molecule has 2 heterocycles. The molecule has 3 rings (SSSR count). The van der Waals surface area contributed by atoms with Crippen molar-refractivity contribution in [3.63, 3.8) is 0 Å². The number of benzene rings is 1. The van der Waals surface area contributed by atoms with Crippen LogP contribution in [-0.4, -0.2) is 31.0 Å². The first-order valence-electron chi connectivity index (χ1n) is 6.11. The summed E-state index contributed by atoms with van der Waals surface area (Å²) in [5, 5.41) is 10.9. The summed E-state index contributed by atoms with van der Waals surface area (Å²) in [6.07, 6.45) is 1.66. The Hall–Kier alpha value is -2.54. The number of carboxylic acids is 1. The molecule has 0 amide bonds. The van der Waals surface area contributed by atoms with Gasteiger partial charge in [-0.3, -0.25) is 0 Å². The number of fused-ring (bicyclic) bond motifs is 1. The average molecular weight is 298 g/mol. The lowest BCUT2D eigenvalue weighted by atomic mass is 10.2. The molecule has 0 aliphatic heterocycles. The number of para-hydroxylation sites is 1. The van der Waals surface area contributed by atoms with Crippen LogP contribution in [0.3, 0.4) is 0 Å². The molecule has 0 aliphatic rings. The second-order valence-corrected chi connectivity index (χ2v) is 5.21. The molecule has 0 saturated heterocycles. The Morgan fingerprint density at radius 2 is 1.95 bits per heavy atom. The summed E-state index contributed by atoms with van der Waals surface area (Å²) in [7, 11) is 0. The Labute approximate surface area is 124 Å². The molecule has 0 fully saturated rings. The highest BCUT2D eigenvalue weighted by Crippen LogP contribution is 2.29. The summed E-state index contributed by atoms with van der Waals surface area (Å²) in [6.45, 7) is 1.87. The SMILES string of the molecule is Cc1ccnc(Sc2nc(C(=O)O)nc3ccccc23)n1. The van der Waals surface area contributed by atoms with Gasteiger partial charge >= 0.3 is 5.97 Å². The Kier molecular flexibility index (Phi) is 3.49. The van der Waals surface area contributed by atoms with Crippen molar-refractivity contribution in [2.75, 3.05) is 0 Å². The fourth-order valence-corrected chi connectivity index (χ4v) is 2.67. The van der Waals surface area contributed by atoms with E-state index in [1.165, 1.54) is 11.8 Å². The van der Waals surface area contributed by atoms with E-state index in [1.54, 1.807) is 24.4 Å². The van der Waals surface area contributed by atoms with E-state index >= 15 is 0 Å². The van der Waals surface area contributed by atoms with E-state index in [-0.39, 0.29) is 5.82 Å². The number of carboxylic acid groups (broad SMARTS) is 1. The number of nitrogens with zero attached hydrogens (tertiary/aromatic N) is 4. The number of hydrogen-bond donors (Lipinski definition) is 1. The third kappa shape index (κ3) is 2.82. The van der Waals surface area contributed by atoms with Crippen molar-refractivity contribution in [2.24, 2.45) is 0 Å². The van der Waals surface area contributed by atoms with E-state index in [2.05, 4.69) is 19.9 Å². The maximum absolute atomic E-state index is 11.1. The molecule has 0 aliphatic carbocycles. The summed E-state index contributed by atoms with van der Waals surface area (Å²) in [5.41, 5.74) is 1.42. The minimum atomic E-state index is -1.16. The highest BCUT2D eigenvalue weighted by atomic mass is 32.2. The quantitative estimate of drug-likeness (QED) is 0.587. The number of aryl methyl sites for hydroxylation is 1. The summed E-state index contributed by atoms with van der Waals surface area (Å²) in [4.78, 5) is 27.7. The molecule has 6 nitrogen and oxygen atoms in total. The fourth-order valence-electron chi connectivity index (χ4n) is 1.78. The molecule has 1 N–H and O–H groups in total. The Balaban J connectivity index is 2.13. The van der Waals surface area contributed by atoms with Crippen molar-refractivity contribution in [3.05, 3.63) is 48.0 Å². The molecule has 0 spiro atoms. The maximum atomic E-state index is 11.1. The lowest BCUT2D eigenvalue weighted by Gasteiger charge is -2.05. The van der Waals surface area contributed by atoms with Gasteiger partial charge in [0.15, 0.2) is 5.16 Å². The molecule has 0 atom stereocenters. The predicted octanol–water partition coefficient (Wildman–Crippen LogP) is 2.58. The normalized spacial score (nSPS) is 10.7. The molecule has 104 valence electrons. The van der Waals surface area contributed by atoms with Gasteiger partial charge in [-0.25, -0.2) is 24.7 Å². The van der Waals surface area contributed by atoms with Crippen molar-refractivity contribution in [1.82, 2.24) is 19.9 Å². The summed E-state index contributed by atoms with van der Waals surface area (Å²) < 4.78 is 0. The molecule has 0 saturated carbocycles. The van der Waals surface area contributed by atoms with Crippen molar-refractivity contribution < 1.29 is 9.90 Å². The molecule has 21 heavy (non-hydrogen) atoms. The number of hydrogen-bond acceptors (Lipinski definition) is 6. The van der Waals surface area contributed by atoms with Gasteiger partial charge in [0.2, 0.25) is 5.82 Å². The van der Waals surface area contributed by atoms with Gasteiger partial charge in [0.25, 0.3) is 0 Å². The van der Waals surface area contributed by atoms with E-state index in [1.807, 2.05) is 19.1 Å². The molecule has 1 aromatic carbocycles. The van der Waals surface area contributed by atoms with Gasteiger partial charge in [-0.2, -0.15) is 0 Å². The van der Waals surface area contributed by atoms with E-state index in [0.717, 1.165) is 11.1 Å². The van der Waals surface area contributed by atoms with Crippen LogP contribution in [0.4, 0.5) is 0 Å². The smallest absolute Gasteiger partial charge is 0.373 e. The molecule has 2 aromatic heterocycles. The van der Waals surface area contributed by atoms with Crippen molar-refractivity contribution in [1.29, 1.82) is 0 Å². The molecular formula is C14H10N4O2S. The van der Waals surface area contributed by atoms with Gasteiger partial charge in [-0.05, 0) is 30.8 Å². The summed E-state index contributed by atoms with van der Waals surface area (Å²) >= 11 is 1.23. The van der Waals surface area contributed by atoms with Gasteiger partial charge in [-0.15, -0.1) is 0 Å². The summed E-state index contributed by atoms with van der Waals surface area (Å²) in [6, 6.07) is 9.06. The largest absolute Gasteiger partial charge is 0.475 e. The molecule has 3 aromatic rings. The molecule has 0 bridgehead atoms. The third-order valence-electron chi connectivity index (χ3n) is 2.72. The highest BCUT2D eigenvalue weighted by Gasteiger charge is 2.14. The lowest BCUT2D eigenvalue weighted by Crippen LogP contribution is -2.05.